The molecule has 190 valence electrons. The van der Waals surface area contributed by atoms with Gasteiger partial charge in [0.25, 0.3) is 5.91 Å². The number of rotatable bonds is 8. The predicted molar refractivity (Wildman–Crippen MR) is 140 cm³/mol. The molecule has 1 amide bonds. The summed E-state index contributed by atoms with van der Waals surface area (Å²) in [4.78, 5) is 14.7. The van der Waals surface area contributed by atoms with E-state index in [1.165, 1.54) is 10.4 Å². The number of ether oxygens (including phenoxy) is 1. The van der Waals surface area contributed by atoms with Crippen molar-refractivity contribution in [3.63, 3.8) is 0 Å². The quantitative estimate of drug-likeness (QED) is 0.480. The maximum atomic E-state index is 13.2. The van der Waals surface area contributed by atoms with Crippen molar-refractivity contribution < 1.29 is 17.9 Å². The summed E-state index contributed by atoms with van der Waals surface area (Å²) in [7, 11) is -3.61. The Bertz CT molecular complexity index is 1170. The van der Waals surface area contributed by atoms with Gasteiger partial charge in [0.2, 0.25) is 10.0 Å². The molecule has 0 bridgehead atoms. The van der Waals surface area contributed by atoms with Crippen molar-refractivity contribution in [2.24, 2.45) is 0 Å². The lowest BCUT2D eigenvalue weighted by Gasteiger charge is -2.34. The van der Waals surface area contributed by atoms with Gasteiger partial charge in [-0.15, -0.1) is 0 Å². The number of nitrogens with one attached hydrogen (secondary N) is 2. The Labute approximate surface area is 224 Å². The van der Waals surface area contributed by atoms with Crippen LogP contribution in [-0.4, -0.2) is 82.0 Å². The van der Waals surface area contributed by atoms with Crippen LogP contribution in [0, 0.1) is 0 Å². The molecule has 4 rings (SSSR count). The second-order valence-corrected chi connectivity index (χ2v) is 12.1. The summed E-state index contributed by atoms with van der Waals surface area (Å²) < 4.78 is 34.4. The molecular weight excluding hydrogens is 579 g/mol. The van der Waals surface area contributed by atoms with Gasteiger partial charge in [0.15, 0.2) is 0 Å². The van der Waals surface area contributed by atoms with Gasteiger partial charge in [0.05, 0.1) is 19.4 Å². The molecule has 0 saturated carbocycles. The first-order chi connectivity index (χ1) is 16.7. The molecule has 35 heavy (non-hydrogen) atoms. The number of nitrogens with zero attached hydrogens (tertiary/aromatic N) is 2. The van der Waals surface area contributed by atoms with Gasteiger partial charge in [0.1, 0.15) is 11.9 Å². The zero-order valence-electron chi connectivity index (χ0n) is 19.0. The molecule has 0 aliphatic carbocycles. The molecule has 2 aromatic rings. The van der Waals surface area contributed by atoms with E-state index in [0.717, 1.165) is 19.5 Å². The topological polar surface area (TPSA) is 91.0 Å². The highest BCUT2D eigenvalue weighted by Gasteiger charge is 2.29. The number of hydrogen-bond donors (Lipinski definition) is 2. The maximum absolute atomic E-state index is 13.2. The van der Waals surface area contributed by atoms with Crippen molar-refractivity contribution in [2.75, 3.05) is 52.4 Å². The van der Waals surface area contributed by atoms with Crippen molar-refractivity contribution in [3.05, 3.63) is 56.5 Å². The monoisotopic (exact) mass is 604 g/mol. The van der Waals surface area contributed by atoms with E-state index in [4.69, 9.17) is 27.9 Å². The van der Waals surface area contributed by atoms with E-state index in [9.17, 15) is 13.2 Å². The Morgan fingerprint density at radius 1 is 1.11 bits per heavy atom. The van der Waals surface area contributed by atoms with E-state index in [1.807, 2.05) is 0 Å². The number of halogens is 3. The van der Waals surface area contributed by atoms with Crippen LogP contribution in [0.4, 0.5) is 0 Å². The van der Waals surface area contributed by atoms with Crippen molar-refractivity contribution in [3.8, 4) is 5.75 Å². The lowest BCUT2D eigenvalue weighted by molar-refractivity contribution is 0.0945. The van der Waals surface area contributed by atoms with Crippen LogP contribution in [0.2, 0.25) is 10.0 Å². The minimum Gasteiger partial charge on any atom is -0.488 e. The van der Waals surface area contributed by atoms with Crippen LogP contribution in [0.3, 0.4) is 0 Å². The van der Waals surface area contributed by atoms with Gasteiger partial charge in [0, 0.05) is 51.4 Å². The molecule has 1 atom stereocenters. The van der Waals surface area contributed by atoms with Crippen LogP contribution in [0.15, 0.2) is 45.8 Å². The van der Waals surface area contributed by atoms with Crippen molar-refractivity contribution in [1.29, 1.82) is 0 Å². The number of carbonyl (C=O) groups is 1. The summed E-state index contributed by atoms with van der Waals surface area (Å²) in [6.07, 6.45) is 1.02. The van der Waals surface area contributed by atoms with Crippen molar-refractivity contribution in [2.45, 2.75) is 17.4 Å². The van der Waals surface area contributed by atoms with Crippen molar-refractivity contribution >= 4 is 55.1 Å². The molecule has 12 heteroatoms. The van der Waals surface area contributed by atoms with E-state index < -0.39 is 10.0 Å². The molecule has 0 spiro atoms. The summed E-state index contributed by atoms with van der Waals surface area (Å²) in [5.41, 5.74) is 0.442. The molecule has 8 nitrogen and oxygen atoms in total. The Morgan fingerprint density at radius 3 is 2.54 bits per heavy atom. The Balaban J connectivity index is 1.26. The van der Waals surface area contributed by atoms with Gasteiger partial charge in [-0.25, -0.2) is 8.42 Å². The van der Waals surface area contributed by atoms with Gasteiger partial charge in [-0.1, -0.05) is 23.2 Å². The molecule has 2 fully saturated rings. The number of piperazine rings is 1. The third-order valence-electron chi connectivity index (χ3n) is 6.08. The van der Waals surface area contributed by atoms with Gasteiger partial charge < -0.3 is 15.4 Å². The highest BCUT2D eigenvalue weighted by Crippen LogP contribution is 2.31. The highest BCUT2D eigenvalue weighted by atomic mass is 79.9. The van der Waals surface area contributed by atoms with Crippen LogP contribution in [-0.2, 0) is 10.0 Å². The second kappa shape index (κ2) is 11.8. The third-order valence-corrected chi connectivity index (χ3v) is 9.33. The summed E-state index contributed by atoms with van der Waals surface area (Å²) in [6.45, 7) is 4.70. The molecule has 2 N–H and O–H groups in total. The van der Waals surface area contributed by atoms with Crippen LogP contribution in [0.5, 0.6) is 5.75 Å². The highest BCUT2D eigenvalue weighted by molar-refractivity contribution is 9.10. The molecule has 2 aromatic carbocycles. The van der Waals surface area contributed by atoms with E-state index in [1.54, 1.807) is 30.3 Å². The lowest BCUT2D eigenvalue weighted by Crippen LogP contribution is -2.50. The Hall–Kier alpha value is -1.40. The van der Waals surface area contributed by atoms with Crippen LogP contribution >= 0.6 is 39.1 Å². The van der Waals surface area contributed by atoms with E-state index in [0.29, 0.717) is 65.1 Å². The second-order valence-electron chi connectivity index (χ2n) is 8.46. The normalized spacial score (nSPS) is 19.6. The van der Waals surface area contributed by atoms with Crippen LogP contribution in [0.25, 0.3) is 0 Å². The lowest BCUT2D eigenvalue weighted by atomic mass is 10.2. The first kappa shape index (κ1) is 26.7. The number of hydrogen-bond acceptors (Lipinski definition) is 6. The summed E-state index contributed by atoms with van der Waals surface area (Å²) in [5.74, 6) is 0.414. The third kappa shape index (κ3) is 6.68. The summed E-state index contributed by atoms with van der Waals surface area (Å²) >= 11 is 15.3. The Kier molecular flexibility index (Phi) is 8.96. The molecule has 2 heterocycles. The summed E-state index contributed by atoms with van der Waals surface area (Å²) in [6, 6.07) is 9.66. The summed E-state index contributed by atoms with van der Waals surface area (Å²) in [5, 5.41) is 6.84. The SMILES string of the molecule is O=C(NCCN1CCN(S(=O)(=O)c2ccc(O[C@H]3CCNC3)c(Br)c2)CC1)c1ccc(Cl)c(Cl)c1. The first-order valence-electron chi connectivity index (χ1n) is 11.4. The van der Waals surface area contributed by atoms with Crippen molar-refractivity contribution in [1.82, 2.24) is 19.8 Å². The zero-order valence-corrected chi connectivity index (χ0v) is 22.9. The first-order valence-corrected chi connectivity index (χ1v) is 14.4. The largest absolute Gasteiger partial charge is 0.488 e. The molecule has 2 aliphatic heterocycles. The van der Waals surface area contributed by atoms with Gasteiger partial charge >= 0.3 is 0 Å². The molecule has 0 aromatic heterocycles. The average Bonchev–Trinajstić information content (AvgIpc) is 3.35. The minimum absolute atomic E-state index is 0.0932. The van der Waals surface area contributed by atoms with Gasteiger partial charge in [-0.2, -0.15) is 4.31 Å². The molecule has 0 unspecified atom stereocenters. The van der Waals surface area contributed by atoms with E-state index >= 15 is 0 Å². The van der Waals surface area contributed by atoms with Gasteiger partial charge in [-0.05, 0) is 65.3 Å². The molecule has 0 radical (unpaired) electrons. The smallest absolute Gasteiger partial charge is 0.251 e. The minimum atomic E-state index is -3.61. The van der Waals surface area contributed by atoms with Gasteiger partial charge in [-0.3, -0.25) is 9.69 Å². The maximum Gasteiger partial charge on any atom is 0.251 e. The van der Waals surface area contributed by atoms with E-state index in [-0.39, 0.29) is 16.9 Å². The fourth-order valence-electron chi connectivity index (χ4n) is 4.06. The number of carbonyl (C=O) groups excluding carboxylic acids is 1. The zero-order chi connectivity index (χ0) is 25.0. The number of sulfonamides is 1. The molecule has 2 aliphatic rings. The fourth-order valence-corrected chi connectivity index (χ4v) is 6.43. The Morgan fingerprint density at radius 2 is 1.89 bits per heavy atom. The fraction of sp³-hybridized carbons (Fsp3) is 0.435. The predicted octanol–water partition coefficient (Wildman–Crippen LogP) is 3.23. The molecular formula is C23H27BrCl2N4O4S. The average molecular weight is 606 g/mol. The number of benzene rings is 2. The van der Waals surface area contributed by atoms with E-state index in [2.05, 4.69) is 31.5 Å². The molecule has 2 saturated heterocycles. The van der Waals surface area contributed by atoms with Crippen LogP contribution in [0.1, 0.15) is 16.8 Å². The standard InChI is InChI=1S/C23H27BrCl2N4O4S/c24-19-14-18(2-4-22(19)34-17-5-6-27-15-17)35(32,33)30-11-9-29(10-12-30)8-7-28-23(31)16-1-3-20(25)21(26)13-16/h1-4,13-14,17,27H,5-12,15H2,(H,28,31)/t17-/m0/s1. The number of amides is 1. The van der Waals surface area contributed by atoms with Crippen LogP contribution < -0.4 is 15.4 Å².